The van der Waals surface area contributed by atoms with Crippen molar-refractivity contribution in [1.29, 1.82) is 0 Å². The van der Waals surface area contributed by atoms with E-state index in [-0.39, 0.29) is 6.04 Å². The highest BCUT2D eigenvalue weighted by Gasteiger charge is 2.34. The molecule has 6 rings (SSSR count). The van der Waals surface area contributed by atoms with Crippen molar-refractivity contribution in [2.24, 2.45) is 0 Å². The van der Waals surface area contributed by atoms with E-state index >= 15 is 0 Å². The van der Waals surface area contributed by atoms with Crippen LogP contribution in [0, 0.1) is 0 Å². The number of fused-ring (bicyclic) bond motifs is 2. The summed E-state index contributed by atoms with van der Waals surface area (Å²) in [7, 11) is -3.63. The molecule has 1 atom stereocenters. The van der Waals surface area contributed by atoms with Gasteiger partial charge in [-0.3, -0.25) is 9.88 Å². The fourth-order valence-electron chi connectivity index (χ4n) is 5.85. The van der Waals surface area contributed by atoms with Gasteiger partial charge in [0.1, 0.15) is 4.90 Å². The number of piperidine rings is 1. The van der Waals surface area contributed by atoms with Gasteiger partial charge >= 0.3 is 0 Å². The molecule has 2 aliphatic rings. The Morgan fingerprint density at radius 1 is 1.05 bits per heavy atom. The van der Waals surface area contributed by atoms with Gasteiger partial charge in [0.15, 0.2) is 0 Å². The van der Waals surface area contributed by atoms with Gasteiger partial charge in [-0.2, -0.15) is 4.31 Å². The van der Waals surface area contributed by atoms with Gasteiger partial charge in [-0.1, -0.05) is 48.4 Å². The molecule has 4 heterocycles. The number of hydrogen-bond acceptors (Lipinski definition) is 4. The molecule has 0 unspecified atom stereocenters. The molecule has 0 aliphatic carbocycles. The maximum Gasteiger partial charge on any atom is 0.245 e. The van der Waals surface area contributed by atoms with E-state index < -0.39 is 10.0 Å². The van der Waals surface area contributed by atoms with Crippen LogP contribution in [0.5, 0.6) is 0 Å². The summed E-state index contributed by atoms with van der Waals surface area (Å²) in [5, 5.41) is 3.51. The third-order valence-corrected chi connectivity index (χ3v) is 10.1. The molecular formula is C29H31ClN4O2S. The molecule has 0 amide bonds. The Kier molecular flexibility index (Phi) is 6.80. The molecule has 37 heavy (non-hydrogen) atoms. The van der Waals surface area contributed by atoms with E-state index in [2.05, 4.69) is 27.1 Å². The van der Waals surface area contributed by atoms with Crippen LogP contribution in [0.4, 0.5) is 0 Å². The van der Waals surface area contributed by atoms with Gasteiger partial charge in [0.05, 0.1) is 0 Å². The molecule has 6 nitrogen and oxygen atoms in total. The van der Waals surface area contributed by atoms with Gasteiger partial charge in [-0.05, 0) is 56.0 Å². The second kappa shape index (κ2) is 10.2. The average molecular weight is 535 g/mol. The number of rotatable bonds is 6. The summed E-state index contributed by atoms with van der Waals surface area (Å²) in [6, 6.07) is 13.6. The van der Waals surface area contributed by atoms with Crippen molar-refractivity contribution in [2.45, 2.75) is 43.0 Å². The normalized spacial score (nSPS) is 19.9. The zero-order chi connectivity index (χ0) is 25.4. The summed E-state index contributed by atoms with van der Waals surface area (Å²) >= 11 is 6.24. The van der Waals surface area contributed by atoms with Crippen LogP contribution in [-0.2, 0) is 10.0 Å². The topological polar surface area (TPSA) is 69.3 Å². The number of halogens is 1. The summed E-state index contributed by atoms with van der Waals surface area (Å²) in [6.45, 7) is 3.29. The minimum Gasteiger partial charge on any atom is -0.361 e. The van der Waals surface area contributed by atoms with Crippen LogP contribution in [0.1, 0.15) is 37.7 Å². The molecule has 1 N–H and O–H groups in total. The van der Waals surface area contributed by atoms with Crippen LogP contribution >= 0.6 is 11.6 Å². The van der Waals surface area contributed by atoms with Crippen LogP contribution in [0.25, 0.3) is 27.2 Å². The maximum absolute atomic E-state index is 13.8. The predicted molar refractivity (Wildman–Crippen MR) is 150 cm³/mol. The molecule has 1 fully saturated rings. The monoisotopic (exact) mass is 534 g/mol. The third-order valence-electron chi connectivity index (χ3n) is 7.85. The van der Waals surface area contributed by atoms with Crippen molar-refractivity contribution in [1.82, 2.24) is 19.2 Å². The van der Waals surface area contributed by atoms with Crippen LogP contribution in [-0.4, -0.2) is 59.8 Å². The van der Waals surface area contributed by atoms with Crippen LogP contribution in [0.15, 0.2) is 72.0 Å². The Balaban J connectivity index is 1.16. The lowest BCUT2D eigenvalue weighted by atomic mass is 9.98. The Labute approximate surface area is 223 Å². The number of hydrogen-bond donors (Lipinski definition) is 1. The molecule has 2 aliphatic heterocycles. The van der Waals surface area contributed by atoms with Crippen molar-refractivity contribution in [3.63, 3.8) is 0 Å². The minimum absolute atomic E-state index is 0.0128. The Morgan fingerprint density at radius 3 is 2.81 bits per heavy atom. The van der Waals surface area contributed by atoms with Gasteiger partial charge in [0.2, 0.25) is 10.0 Å². The maximum atomic E-state index is 13.8. The van der Waals surface area contributed by atoms with E-state index in [1.54, 1.807) is 10.5 Å². The molecule has 4 aromatic rings. The molecule has 0 radical (unpaired) electrons. The predicted octanol–water partition coefficient (Wildman–Crippen LogP) is 6.09. The first kappa shape index (κ1) is 24.6. The molecule has 0 bridgehead atoms. The van der Waals surface area contributed by atoms with E-state index in [1.165, 1.54) is 17.3 Å². The number of aromatic amines is 1. The zero-order valence-electron chi connectivity index (χ0n) is 20.7. The molecule has 8 heteroatoms. The van der Waals surface area contributed by atoms with Crippen LogP contribution < -0.4 is 0 Å². The molecule has 192 valence electrons. The first-order valence-electron chi connectivity index (χ1n) is 13.0. The number of H-pyrrole nitrogens is 1. The second-order valence-corrected chi connectivity index (χ2v) is 12.4. The SMILES string of the molecule is O=S(=O)(c1cncc2ccccc12)N1CCCC[C@H]1CCN1CC=C(c2c[nH]c3ccc(Cl)cc23)CC1. The van der Waals surface area contributed by atoms with Crippen molar-refractivity contribution in [3.05, 3.63) is 77.7 Å². The zero-order valence-corrected chi connectivity index (χ0v) is 22.3. The van der Waals surface area contributed by atoms with Gasteiger partial charge in [-0.25, -0.2) is 8.42 Å². The minimum atomic E-state index is -3.63. The first-order valence-corrected chi connectivity index (χ1v) is 14.9. The second-order valence-electron chi connectivity index (χ2n) is 10.1. The fraction of sp³-hybridized carbons (Fsp3) is 0.345. The molecular weight excluding hydrogens is 504 g/mol. The van der Waals surface area contributed by atoms with Crippen LogP contribution in [0.3, 0.4) is 0 Å². The smallest absolute Gasteiger partial charge is 0.245 e. The summed E-state index contributed by atoms with van der Waals surface area (Å²) < 4.78 is 29.4. The van der Waals surface area contributed by atoms with Gasteiger partial charge < -0.3 is 4.98 Å². The van der Waals surface area contributed by atoms with E-state index in [0.717, 1.165) is 78.4 Å². The average Bonchev–Trinajstić information content (AvgIpc) is 3.35. The van der Waals surface area contributed by atoms with E-state index in [0.29, 0.717) is 11.4 Å². The van der Waals surface area contributed by atoms with Gasteiger partial charge in [0.25, 0.3) is 0 Å². The number of nitrogens with one attached hydrogen (secondary N) is 1. The lowest BCUT2D eigenvalue weighted by molar-refractivity contribution is 0.206. The fourth-order valence-corrected chi connectivity index (χ4v) is 7.90. The van der Waals surface area contributed by atoms with Crippen molar-refractivity contribution in [3.8, 4) is 0 Å². The summed E-state index contributed by atoms with van der Waals surface area (Å²) in [6.07, 6.45) is 12.3. The highest BCUT2D eigenvalue weighted by Crippen LogP contribution is 2.33. The largest absolute Gasteiger partial charge is 0.361 e. The Bertz CT molecular complexity index is 1570. The molecule has 0 saturated carbocycles. The van der Waals surface area contributed by atoms with Crippen molar-refractivity contribution >= 4 is 48.9 Å². The number of pyridine rings is 1. The highest BCUT2D eigenvalue weighted by atomic mass is 35.5. The number of sulfonamides is 1. The number of nitrogens with zero attached hydrogens (tertiary/aromatic N) is 3. The number of benzene rings is 2. The molecule has 2 aromatic carbocycles. The number of aromatic nitrogens is 2. The van der Waals surface area contributed by atoms with Gasteiger partial charge in [0, 0.05) is 76.5 Å². The molecule has 1 saturated heterocycles. The highest BCUT2D eigenvalue weighted by molar-refractivity contribution is 7.89. The summed E-state index contributed by atoms with van der Waals surface area (Å²) in [5.41, 5.74) is 3.67. The van der Waals surface area contributed by atoms with Crippen LogP contribution in [0.2, 0.25) is 5.02 Å². The third kappa shape index (κ3) is 4.81. The van der Waals surface area contributed by atoms with E-state index in [4.69, 9.17) is 11.6 Å². The van der Waals surface area contributed by atoms with E-state index in [9.17, 15) is 8.42 Å². The Morgan fingerprint density at radius 2 is 1.95 bits per heavy atom. The first-order chi connectivity index (χ1) is 18.0. The lowest BCUT2D eigenvalue weighted by Gasteiger charge is -2.36. The van der Waals surface area contributed by atoms with Crippen molar-refractivity contribution in [2.75, 3.05) is 26.2 Å². The molecule has 0 spiro atoms. The lowest BCUT2D eigenvalue weighted by Crippen LogP contribution is -2.45. The molecule has 2 aromatic heterocycles. The Hall–Kier alpha value is -2.71. The summed E-state index contributed by atoms with van der Waals surface area (Å²) in [4.78, 5) is 10.4. The standard InChI is InChI=1S/C29H31ClN4O2S/c30-23-8-9-28-26(17-23)27(19-32-28)21-10-14-33(15-11-21)16-12-24-6-3-4-13-34(24)37(35,36)29-20-31-18-22-5-1-2-7-25(22)29/h1-2,5,7-10,17-20,24,32H,3-4,6,11-16H2/t24-/m0/s1. The van der Waals surface area contributed by atoms with E-state index in [1.807, 2.05) is 42.5 Å². The quantitative estimate of drug-likeness (QED) is 0.325. The van der Waals surface area contributed by atoms with Gasteiger partial charge in [-0.15, -0.1) is 0 Å². The van der Waals surface area contributed by atoms with Crippen molar-refractivity contribution < 1.29 is 8.42 Å². The summed E-state index contributed by atoms with van der Waals surface area (Å²) in [5.74, 6) is 0.